The van der Waals surface area contributed by atoms with Crippen LogP contribution in [0, 0.1) is 5.92 Å². The molecule has 2 N–H and O–H groups in total. The molecule has 4 heteroatoms. The monoisotopic (exact) mass is 299 g/mol. The zero-order valence-electron chi connectivity index (χ0n) is 13.4. The first-order valence-corrected chi connectivity index (χ1v) is 8.23. The lowest BCUT2D eigenvalue weighted by Gasteiger charge is -2.37. The number of amides is 1. The molecule has 118 valence electrons. The van der Waals surface area contributed by atoms with Gasteiger partial charge in [-0.1, -0.05) is 25.1 Å². The van der Waals surface area contributed by atoms with Crippen LogP contribution in [0.3, 0.4) is 0 Å². The van der Waals surface area contributed by atoms with E-state index in [1.165, 1.54) is 17.5 Å². The lowest BCUT2D eigenvalue weighted by molar-refractivity contribution is -0.138. The SMILES string of the molecule is CNCC(C)C(=O)N1CCCCC1c1cc2ccccc2[nH]1. The maximum Gasteiger partial charge on any atom is 0.227 e. The van der Waals surface area contributed by atoms with Crippen LogP contribution in [0.25, 0.3) is 10.9 Å². The Balaban J connectivity index is 1.87. The largest absolute Gasteiger partial charge is 0.357 e. The summed E-state index contributed by atoms with van der Waals surface area (Å²) in [5.41, 5.74) is 2.32. The van der Waals surface area contributed by atoms with Crippen LogP contribution < -0.4 is 5.32 Å². The number of hydrogen-bond acceptors (Lipinski definition) is 2. The summed E-state index contributed by atoms with van der Waals surface area (Å²) in [6, 6.07) is 10.7. The van der Waals surface area contributed by atoms with Crippen LogP contribution in [0.4, 0.5) is 0 Å². The average molecular weight is 299 g/mol. The van der Waals surface area contributed by atoms with E-state index in [1.807, 2.05) is 20.0 Å². The van der Waals surface area contributed by atoms with Crippen molar-refractivity contribution in [2.45, 2.75) is 32.2 Å². The van der Waals surface area contributed by atoms with Gasteiger partial charge < -0.3 is 15.2 Å². The Morgan fingerprint density at radius 3 is 3.00 bits per heavy atom. The lowest BCUT2D eigenvalue weighted by atomic mass is 9.97. The van der Waals surface area contributed by atoms with E-state index in [1.54, 1.807) is 0 Å². The van der Waals surface area contributed by atoms with Crippen molar-refractivity contribution >= 4 is 16.8 Å². The summed E-state index contributed by atoms with van der Waals surface area (Å²) >= 11 is 0. The van der Waals surface area contributed by atoms with Gasteiger partial charge in [-0.3, -0.25) is 4.79 Å². The molecule has 2 unspecified atom stereocenters. The molecular formula is C18H25N3O. The van der Waals surface area contributed by atoms with Crippen LogP contribution in [0.15, 0.2) is 30.3 Å². The van der Waals surface area contributed by atoms with Crippen molar-refractivity contribution < 1.29 is 4.79 Å². The van der Waals surface area contributed by atoms with Gasteiger partial charge in [0.2, 0.25) is 5.91 Å². The number of nitrogens with one attached hydrogen (secondary N) is 2. The minimum Gasteiger partial charge on any atom is -0.357 e. The number of para-hydroxylation sites is 1. The van der Waals surface area contributed by atoms with Crippen molar-refractivity contribution in [1.82, 2.24) is 15.2 Å². The molecule has 0 spiro atoms. The van der Waals surface area contributed by atoms with Crippen LogP contribution in [0.2, 0.25) is 0 Å². The Bertz CT molecular complexity index is 616. The molecule has 3 rings (SSSR count). The molecular weight excluding hydrogens is 274 g/mol. The Kier molecular flexibility index (Phi) is 4.48. The summed E-state index contributed by atoms with van der Waals surface area (Å²) in [5.74, 6) is 0.285. The molecule has 1 aliphatic rings. The third-order valence-corrected chi connectivity index (χ3v) is 4.63. The summed E-state index contributed by atoms with van der Waals surface area (Å²) in [7, 11) is 1.90. The molecule has 4 nitrogen and oxygen atoms in total. The van der Waals surface area contributed by atoms with Crippen LogP contribution >= 0.6 is 0 Å². The number of benzene rings is 1. The van der Waals surface area contributed by atoms with Gasteiger partial charge in [0.1, 0.15) is 0 Å². The fraction of sp³-hybridized carbons (Fsp3) is 0.500. The fourth-order valence-corrected chi connectivity index (χ4v) is 3.47. The van der Waals surface area contributed by atoms with Gasteiger partial charge in [0.05, 0.1) is 6.04 Å². The highest BCUT2D eigenvalue weighted by Crippen LogP contribution is 2.33. The molecule has 2 atom stereocenters. The van der Waals surface area contributed by atoms with Gasteiger partial charge in [-0.2, -0.15) is 0 Å². The molecule has 2 aromatic rings. The number of carbonyl (C=O) groups excluding carboxylic acids is 1. The van der Waals surface area contributed by atoms with E-state index in [-0.39, 0.29) is 17.9 Å². The molecule has 1 aliphatic heterocycles. The van der Waals surface area contributed by atoms with Crippen molar-refractivity contribution in [3.63, 3.8) is 0 Å². The second-order valence-corrected chi connectivity index (χ2v) is 6.31. The van der Waals surface area contributed by atoms with Gasteiger partial charge in [-0.15, -0.1) is 0 Å². The number of likely N-dealkylation sites (tertiary alicyclic amines) is 1. The van der Waals surface area contributed by atoms with E-state index in [0.29, 0.717) is 0 Å². The van der Waals surface area contributed by atoms with Crippen LogP contribution in [-0.4, -0.2) is 35.9 Å². The number of nitrogens with zero attached hydrogens (tertiary/aromatic N) is 1. The molecule has 1 saturated heterocycles. The molecule has 0 bridgehead atoms. The third kappa shape index (κ3) is 2.88. The van der Waals surface area contributed by atoms with Crippen LogP contribution in [0.1, 0.15) is 37.9 Å². The Hall–Kier alpha value is -1.81. The lowest BCUT2D eigenvalue weighted by Crippen LogP contribution is -2.43. The molecule has 2 heterocycles. The maximum atomic E-state index is 12.8. The number of aromatic amines is 1. The zero-order chi connectivity index (χ0) is 15.5. The number of rotatable bonds is 4. The summed E-state index contributed by atoms with van der Waals surface area (Å²) in [5, 5.41) is 4.33. The molecule has 1 aromatic heterocycles. The van der Waals surface area contributed by atoms with Crippen LogP contribution in [0.5, 0.6) is 0 Å². The van der Waals surface area contributed by atoms with Crippen molar-refractivity contribution in [2.24, 2.45) is 5.92 Å². The van der Waals surface area contributed by atoms with E-state index in [0.717, 1.165) is 31.4 Å². The second kappa shape index (κ2) is 6.53. The van der Waals surface area contributed by atoms with E-state index in [2.05, 4.69) is 39.5 Å². The number of aromatic nitrogens is 1. The topological polar surface area (TPSA) is 48.1 Å². The van der Waals surface area contributed by atoms with Crippen LogP contribution in [-0.2, 0) is 4.79 Å². The summed E-state index contributed by atoms with van der Waals surface area (Å²) < 4.78 is 0. The first-order valence-electron chi connectivity index (χ1n) is 8.23. The summed E-state index contributed by atoms with van der Waals surface area (Å²) in [4.78, 5) is 18.4. The highest BCUT2D eigenvalue weighted by atomic mass is 16.2. The van der Waals surface area contributed by atoms with E-state index in [4.69, 9.17) is 0 Å². The smallest absolute Gasteiger partial charge is 0.227 e. The van der Waals surface area contributed by atoms with Crippen molar-refractivity contribution in [3.8, 4) is 0 Å². The number of carbonyl (C=O) groups is 1. The number of H-pyrrole nitrogens is 1. The second-order valence-electron chi connectivity index (χ2n) is 6.31. The average Bonchev–Trinajstić information content (AvgIpc) is 2.98. The van der Waals surface area contributed by atoms with Gasteiger partial charge in [0, 0.05) is 30.2 Å². The maximum absolute atomic E-state index is 12.8. The number of fused-ring (bicyclic) bond motifs is 1. The summed E-state index contributed by atoms with van der Waals surface area (Å²) in [6.07, 6.45) is 3.34. The molecule has 0 aliphatic carbocycles. The highest BCUT2D eigenvalue weighted by molar-refractivity contribution is 5.82. The minimum atomic E-state index is 0.0231. The van der Waals surface area contributed by atoms with Gasteiger partial charge in [0.15, 0.2) is 0 Å². The molecule has 0 saturated carbocycles. The van der Waals surface area contributed by atoms with Gasteiger partial charge in [0.25, 0.3) is 0 Å². The van der Waals surface area contributed by atoms with Gasteiger partial charge in [-0.05, 0) is 43.8 Å². The molecule has 22 heavy (non-hydrogen) atoms. The Morgan fingerprint density at radius 2 is 2.23 bits per heavy atom. The van der Waals surface area contributed by atoms with Crippen molar-refractivity contribution in [2.75, 3.05) is 20.1 Å². The minimum absolute atomic E-state index is 0.0231. The predicted octanol–water partition coefficient (Wildman–Crippen LogP) is 3.08. The normalized spacial score (nSPS) is 20.3. The first-order chi connectivity index (χ1) is 10.7. The van der Waals surface area contributed by atoms with E-state index < -0.39 is 0 Å². The number of hydrogen-bond donors (Lipinski definition) is 2. The van der Waals surface area contributed by atoms with Crippen molar-refractivity contribution in [1.29, 1.82) is 0 Å². The third-order valence-electron chi connectivity index (χ3n) is 4.63. The quantitative estimate of drug-likeness (QED) is 0.911. The molecule has 0 radical (unpaired) electrons. The summed E-state index contributed by atoms with van der Waals surface area (Å²) in [6.45, 7) is 3.61. The Morgan fingerprint density at radius 1 is 1.41 bits per heavy atom. The standard InChI is InChI=1S/C18H25N3O/c1-13(12-19-2)18(22)21-10-6-5-9-17(21)16-11-14-7-3-4-8-15(14)20-16/h3-4,7-8,11,13,17,19-20H,5-6,9-10,12H2,1-2H3. The molecule has 1 fully saturated rings. The number of piperidine rings is 1. The molecule has 1 amide bonds. The first kappa shape index (κ1) is 15.1. The van der Waals surface area contributed by atoms with E-state index in [9.17, 15) is 4.79 Å². The van der Waals surface area contributed by atoms with Gasteiger partial charge in [-0.25, -0.2) is 0 Å². The predicted molar refractivity (Wildman–Crippen MR) is 89.7 cm³/mol. The van der Waals surface area contributed by atoms with Crippen molar-refractivity contribution in [3.05, 3.63) is 36.0 Å². The fourth-order valence-electron chi connectivity index (χ4n) is 3.47. The highest BCUT2D eigenvalue weighted by Gasteiger charge is 2.31. The molecule has 1 aromatic carbocycles. The van der Waals surface area contributed by atoms with E-state index >= 15 is 0 Å². The zero-order valence-corrected chi connectivity index (χ0v) is 13.4. The Labute approximate surface area is 131 Å². The van der Waals surface area contributed by atoms with Gasteiger partial charge >= 0.3 is 0 Å².